The molecule has 0 saturated carbocycles. The SMILES string of the molecule is CN=C(NCc1sc(C)nc1C)N(C)CC(=O)NC(C)(C)C. The van der Waals surface area contributed by atoms with Gasteiger partial charge in [-0.2, -0.15) is 0 Å². The summed E-state index contributed by atoms with van der Waals surface area (Å²) in [5, 5.41) is 7.28. The van der Waals surface area contributed by atoms with Crippen LogP contribution in [-0.2, 0) is 11.3 Å². The Bertz CT molecular complexity index is 545. The lowest BCUT2D eigenvalue weighted by Crippen LogP contribution is -2.48. The summed E-state index contributed by atoms with van der Waals surface area (Å²) >= 11 is 1.67. The van der Waals surface area contributed by atoms with Crippen LogP contribution >= 0.6 is 11.3 Å². The monoisotopic (exact) mass is 325 g/mol. The third kappa shape index (κ3) is 6.01. The number of aromatic nitrogens is 1. The van der Waals surface area contributed by atoms with Crippen LogP contribution in [0, 0.1) is 13.8 Å². The number of thiazole rings is 1. The van der Waals surface area contributed by atoms with Crippen molar-refractivity contribution in [3.63, 3.8) is 0 Å². The second-order valence-electron chi connectivity index (χ2n) is 6.30. The molecule has 0 spiro atoms. The van der Waals surface area contributed by atoms with E-state index in [-0.39, 0.29) is 18.0 Å². The summed E-state index contributed by atoms with van der Waals surface area (Å²) in [5.74, 6) is 0.664. The molecule has 0 bridgehead atoms. The molecule has 0 unspecified atom stereocenters. The lowest BCUT2D eigenvalue weighted by Gasteiger charge is -2.25. The molecule has 0 radical (unpaired) electrons. The Kier molecular flexibility index (Phi) is 6.34. The molecule has 0 atom stereocenters. The van der Waals surface area contributed by atoms with Crippen molar-refractivity contribution < 1.29 is 4.79 Å². The van der Waals surface area contributed by atoms with Gasteiger partial charge in [0.1, 0.15) is 0 Å². The second-order valence-corrected chi connectivity index (χ2v) is 7.58. The van der Waals surface area contributed by atoms with Gasteiger partial charge in [-0.05, 0) is 34.6 Å². The predicted octanol–water partition coefficient (Wildman–Crippen LogP) is 1.68. The molecule has 1 aromatic rings. The Morgan fingerprint density at radius 1 is 1.36 bits per heavy atom. The van der Waals surface area contributed by atoms with Gasteiger partial charge >= 0.3 is 0 Å². The number of aliphatic imine (C=N–C) groups is 1. The molecular formula is C15H27N5OS. The van der Waals surface area contributed by atoms with Crippen LogP contribution in [0.25, 0.3) is 0 Å². The van der Waals surface area contributed by atoms with Gasteiger partial charge < -0.3 is 15.5 Å². The van der Waals surface area contributed by atoms with E-state index in [0.717, 1.165) is 10.7 Å². The first-order chi connectivity index (χ1) is 10.1. The fraction of sp³-hybridized carbons (Fsp3) is 0.667. The summed E-state index contributed by atoms with van der Waals surface area (Å²) < 4.78 is 0. The number of carbonyl (C=O) groups is 1. The van der Waals surface area contributed by atoms with Crippen LogP contribution in [0.2, 0.25) is 0 Å². The predicted molar refractivity (Wildman–Crippen MR) is 92.3 cm³/mol. The van der Waals surface area contributed by atoms with Gasteiger partial charge in [0.15, 0.2) is 5.96 Å². The van der Waals surface area contributed by atoms with Gasteiger partial charge in [0.2, 0.25) is 5.91 Å². The molecule has 0 saturated heterocycles. The van der Waals surface area contributed by atoms with E-state index in [2.05, 4.69) is 20.6 Å². The van der Waals surface area contributed by atoms with Crippen LogP contribution in [0.1, 0.15) is 36.3 Å². The zero-order valence-electron chi connectivity index (χ0n) is 14.6. The van der Waals surface area contributed by atoms with E-state index in [1.807, 2.05) is 46.6 Å². The third-order valence-corrected chi connectivity index (χ3v) is 3.95. The van der Waals surface area contributed by atoms with E-state index in [0.29, 0.717) is 12.5 Å². The first kappa shape index (κ1) is 18.4. The van der Waals surface area contributed by atoms with Crippen molar-refractivity contribution in [3.8, 4) is 0 Å². The molecule has 0 aliphatic heterocycles. The number of nitrogens with one attached hydrogen (secondary N) is 2. The summed E-state index contributed by atoms with van der Waals surface area (Å²) in [4.78, 5) is 23.6. The number of hydrogen-bond donors (Lipinski definition) is 2. The molecule has 7 heteroatoms. The Morgan fingerprint density at radius 2 is 2.00 bits per heavy atom. The van der Waals surface area contributed by atoms with Gasteiger partial charge in [-0.1, -0.05) is 0 Å². The quantitative estimate of drug-likeness (QED) is 0.653. The molecule has 2 N–H and O–H groups in total. The van der Waals surface area contributed by atoms with Gasteiger partial charge in [0, 0.05) is 24.5 Å². The smallest absolute Gasteiger partial charge is 0.240 e. The zero-order chi connectivity index (χ0) is 16.9. The summed E-state index contributed by atoms with van der Waals surface area (Å²) in [6.07, 6.45) is 0. The van der Waals surface area contributed by atoms with Crippen molar-refractivity contribution in [1.29, 1.82) is 0 Å². The van der Waals surface area contributed by atoms with Gasteiger partial charge in [0.05, 0.1) is 23.8 Å². The van der Waals surface area contributed by atoms with Gasteiger partial charge in [-0.3, -0.25) is 9.79 Å². The van der Waals surface area contributed by atoms with E-state index in [9.17, 15) is 4.79 Å². The van der Waals surface area contributed by atoms with Crippen molar-refractivity contribution in [2.45, 2.75) is 46.7 Å². The Balaban J connectivity index is 2.57. The van der Waals surface area contributed by atoms with Crippen LogP contribution in [0.3, 0.4) is 0 Å². The minimum atomic E-state index is -0.230. The molecule has 124 valence electrons. The van der Waals surface area contributed by atoms with Crippen molar-refractivity contribution in [2.24, 2.45) is 4.99 Å². The molecule has 1 heterocycles. The standard InChI is InChI=1S/C15H27N5OS/c1-10-12(22-11(2)18-10)8-17-14(16-6)20(7)9-13(21)19-15(3,4)5/h8-9H2,1-7H3,(H,16,17)(H,19,21). The van der Waals surface area contributed by atoms with E-state index < -0.39 is 0 Å². The molecule has 1 rings (SSSR count). The van der Waals surface area contributed by atoms with Crippen molar-refractivity contribution in [2.75, 3.05) is 20.6 Å². The first-order valence-corrected chi connectivity index (χ1v) is 8.09. The molecular weight excluding hydrogens is 298 g/mol. The zero-order valence-corrected chi connectivity index (χ0v) is 15.4. The van der Waals surface area contributed by atoms with Crippen LogP contribution < -0.4 is 10.6 Å². The number of rotatable bonds is 4. The summed E-state index contributed by atoms with van der Waals surface area (Å²) in [6.45, 7) is 10.8. The average Bonchev–Trinajstić information content (AvgIpc) is 2.66. The minimum absolute atomic E-state index is 0.0252. The lowest BCUT2D eigenvalue weighted by atomic mass is 10.1. The number of hydrogen-bond acceptors (Lipinski definition) is 4. The third-order valence-electron chi connectivity index (χ3n) is 2.88. The molecule has 0 aliphatic carbocycles. The number of aryl methyl sites for hydroxylation is 2. The Morgan fingerprint density at radius 3 is 2.45 bits per heavy atom. The summed E-state index contributed by atoms with van der Waals surface area (Å²) in [6, 6.07) is 0. The Hall–Kier alpha value is -1.63. The fourth-order valence-corrected chi connectivity index (χ4v) is 2.91. The van der Waals surface area contributed by atoms with E-state index >= 15 is 0 Å². The van der Waals surface area contributed by atoms with Crippen LogP contribution in [-0.4, -0.2) is 47.9 Å². The maximum absolute atomic E-state index is 12.0. The van der Waals surface area contributed by atoms with Crippen LogP contribution in [0.5, 0.6) is 0 Å². The maximum atomic E-state index is 12.0. The molecule has 0 fully saturated rings. The van der Waals surface area contributed by atoms with Crippen LogP contribution in [0.15, 0.2) is 4.99 Å². The van der Waals surface area contributed by atoms with Gasteiger partial charge in [-0.25, -0.2) is 4.98 Å². The average molecular weight is 325 g/mol. The highest BCUT2D eigenvalue weighted by Gasteiger charge is 2.17. The molecule has 0 aliphatic rings. The number of guanidine groups is 1. The lowest BCUT2D eigenvalue weighted by molar-refractivity contribution is -0.122. The van der Waals surface area contributed by atoms with Crippen molar-refractivity contribution in [3.05, 3.63) is 15.6 Å². The normalized spacial score (nSPS) is 12.2. The van der Waals surface area contributed by atoms with Gasteiger partial charge in [0.25, 0.3) is 0 Å². The van der Waals surface area contributed by atoms with E-state index in [1.165, 1.54) is 4.88 Å². The summed E-state index contributed by atoms with van der Waals surface area (Å²) in [5.41, 5.74) is 0.810. The molecule has 1 amide bonds. The highest BCUT2D eigenvalue weighted by Crippen LogP contribution is 2.16. The fourth-order valence-electron chi connectivity index (χ4n) is 2.03. The van der Waals surface area contributed by atoms with E-state index in [1.54, 1.807) is 18.4 Å². The number of likely N-dealkylation sites (N-methyl/N-ethyl adjacent to an activating group) is 1. The Labute approximate surface area is 137 Å². The number of nitrogens with zero attached hydrogens (tertiary/aromatic N) is 3. The first-order valence-electron chi connectivity index (χ1n) is 7.28. The van der Waals surface area contributed by atoms with Crippen LogP contribution in [0.4, 0.5) is 0 Å². The summed E-state index contributed by atoms with van der Waals surface area (Å²) in [7, 11) is 3.56. The van der Waals surface area contributed by atoms with Crippen molar-refractivity contribution in [1.82, 2.24) is 20.5 Å². The van der Waals surface area contributed by atoms with Gasteiger partial charge in [-0.15, -0.1) is 11.3 Å². The number of amides is 1. The molecule has 0 aromatic carbocycles. The largest absolute Gasteiger partial charge is 0.351 e. The molecule has 1 aromatic heterocycles. The highest BCUT2D eigenvalue weighted by atomic mass is 32.1. The minimum Gasteiger partial charge on any atom is -0.351 e. The maximum Gasteiger partial charge on any atom is 0.240 e. The second kappa shape index (κ2) is 7.58. The molecule has 6 nitrogen and oxygen atoms in total. The number of carbonyl (C=O) groups excluding carboxylic acids is 1. The topological polar surface area (TPSA) is 69.6 Å². The van der Waals surface area contributed by atoms with Crippen molar-refractivity contribution >= 4 is 23.2 Å². The molecule has 22 heavy (non-hydrogen) atoms. The highest BCUT2D eigenvalue weighted by molar-refractivity contribution is 7.11. The van der Waals surface area contributed by atoms with E-state index in [4.69, 9.17) is 0 Å².